The molecule has 0 atom stereocenters. The van der Waals surface area contributed by atoms with E-state index in [0.717, 1.165) is 12.1 Å². The van der Waals surface area contributed by atoms with E-state index in [-0.39, 0.29) is 31.2 Å². The summed E-state index contributed by atoms with van der Waals surface area (Å²) < 4.78 is 64.7. The van der Waals surface area contributed by atoms with Crippen LogP contribution in [-0.2, 0) is 6.54 Å². The van der Waals surface area contributed by atoms with Crippen LogP contribution < -0.4 is 15.4 Å². The predicted molar refractivity (Wildman–Crippen MR) is 71.0 cm³/mol. The number of ether oxygens (including phenoxy) is 1. The predicted octanol–water partition coefficient (Wildman–Crippen LogP) is 3.43. The van der Waals surface area contributed by atoms with Gasteiger partial charge in [0.1, 0.15) is 5.75 Å². The highest BCUT2D eigenvalue weighted by Crippen LogP contribution is 2.32. The fourth-order valence-corrected chi connectivity index (χ4v) is 2.26. The molecule has 0 saturated heterocycles. The third-order valence-electron chi connectivity index (χ3n) is 3.45. The molecule has 0 spiro atoms. The first-order chi connectivity index (χ1) is 10.7. The van der Waals surface area contributed by atoms with E-state index in [1.165, 1.54) is 12.1 Å². The smallest absolute Gasteiger partial charge is 0.406 e. The third kappa shape index (κ3) is 5.57. The van der Waals surface area contributed by atoms with E-state index in [1.54, 1.807) is 0 Å². The fraction of sp³-hybridized carbons (Fsp3) is 0.500. The average molecular weight is 338 g/mol. The van der Waals surface area contributed by atoms with Gasteiger partial charge in [-0.25, -0.2) is 13.6 Å². The summed E-state index contributed by atoms with van der Waals surface area (Å²) in [5, 5.41) is 4.99. The van der Waals surface area contributed by atoms with Crippen molar-refractivity contribution < 1.29 is 31.5 Å². The Bertz CT molecular complexity index is 544. The number of hydrogen-bond acceptors (Lipinski definition) is 2. The SMILES string of the molecule is O=C(NCc1cccc(OC(F)(F)F)c1)NC1CC(C(F)F)C1. The molecular formula is C14H15F5N2O2. The van der Waals surface area contributed by atoms with Crippen LogP contribution in [0.15, 0.2) is 24.3 Å². The van der Waals surface area contributed by atoms with Crippen molar-refractivity contribution in [2.45, 2.75) is 38.2 Å². The number of halogens is 5. The van der Waals surface area contributed by atoms with Crippen LogP contribution in [0.25, 0.3) is 0 Å². The zero-order valence-electron chi connectivity index (χ0n) is 11.9. The Morgan fingerprint density at radius 3 is 2.61 bits per heavy atom. The van der Waals surface area contributed by atoms with Crippen LogP contribution >= 0.6 is 0 Å². The molecule has 23 heavy (non-hydrogen) atoms. The molecule has 2 N–H and O–H groups in total. The van der Waals surface area contributed by atoms with Gasteiger partial charge in [-0.2, -0.15) is 0 Å². The molecule has 0 unspecified atom stereocenters. The third-order valence-corrected chi connectivity index (χ3v) is 3.45. The lowest BCUT2D eigenvalue weighted by Crippen LogP contribution is -2.49. The summed E-state index contributed by atoms with van der Waals surface area (Å²) in [6.07, 6.45) is -6.72. The van der Waals surface area contributed by atoms with Gasteiger partial charge >= 0.3 is 12.4 Å². The van der Waals surface area contributed by atoms with Gasteiger partial charge in [-0.3, -0.25) is 0 Å². The Morgan fingerprint density at radius 2 is 2.00 bits per heavy atom. The topological polar surface area (TPSA) is 50.4 Å². The molecule has 1 aromatic rings. The van der Waals surface area contributed by atoms with Crippen LogP contribution in [-0.4, -0.2) is 24.9 Å². The number of carbonyl (C=O) groups is 1. The van der Waals surface area contributed by atoms with Gasteiger partial charge in [0.2, 0.25) is 6.43 Å². The van der Waals surface area contributed by atoms with Crippen LogP contribution in [0.1, 0.15) is 18.4 Å². The van der Waals surface area contributed by atoms with Gasteiger partial charge in [0.15, 0.2) is 0 Å². The van der Waals surface area contributed by atoms with Crippen molar-refractivity contribution in [1.82, 2.24) is 10.6 Å². The number of urea groups is 1. The molecule has 0 bridgehead atoms. The molecule has 0 aliphatic heterocycles. The number of benzene rings is 1. The molecule has 1 aliphatic rings. The fourth-order valence-electron chi connectivity index (χ4n) is 2.26. The average Bonchev–Trinajstić information content (AvgIpc) is 2.38. The van der Waals surface area contributed by atoms with E-state index in [0.29, 0.717) is 5.56 Å². The summed E-state index contributed by atoms with van der Waals surface area (Å²) in [7, 11) is 0. The highest BCUT2D eigenvalue weighted by atomic mass is 19.4. The molecule has 0 radical (unpaired) electrons. The van der Waals surface area contributed by atoms with Gasteiger partial charge in [0.05, 0.1) is 0 Å². The molecule has 1 fully saturated rings. The zero-order valence-corrected chi connectivity index (χ0v) is 11.9. The zero-order chi connectivity index (χ0) is 17.0. The largest absolute Gasteiger partial charge is 0.573 e. The Kier molecular flexibility index (Phi) is 5.27. The number of hydrogen-bond donors (Lipinski definition) is 2. The minimum Gasteiger partial charge on any atom is -0.406 e. The van der Waals surface area contributed by atoms with Gasteiger partial charge in [-0.15, -0.1) is 13.2 Å². The van der Waals surface area contributed by atoms with E-state index in [9.17, 15) is 26.7 Å². The maximum atomic E-state index is 12.3. The van der Waals surface area contributed by atoms with Crippen LogP contribution in [0.3, 0.4) is 0 Å². The highest BCUT2D eigenvalue weighted by molar-refractivity contribution is 5.74. The second-order valence-corrected chi connectivity index (χ2v) is 5.29. The molecule has 128 valence electrons. The first kappa shape index (κ1) is 17.3. The maximum Gasteiger partial charge on any atom is 0.573 e. The summed E-state index contributed by atoms with van der Waals surface area (Å²) in [5.74, 6) is -1.06. The lowest BCUT2D eigenvalue weighted by atomic mass is 9.81. The molecule has 0 heterocycles. The summed E-state index contributed by atoms with van der Waals surface area (Å²) >= 11 is 0. The molecule has 0 aromatic heterocycles. The summed E-state index contributed by atoms with van der Waals surface area (Å²) in [6.45, 7) is -0.00805. The first-order valence-corrected chi connectivity index (χ1v) is 6.90. The van der Waals surface area contributed by atoms with Gasteiger partial charge in [-0.05, 0) is 30.5 Å². The van der Waals surface area contributed by atoms with Crippen LogP contribution in [0, 0.1) is 5.92 Å². The first-order valence-electron chi connectivity index (χ1n) is 6.90. The molecule has 2 rings (SSSR count). The van der Waals surface area contributed by atoms with Crippen molar-refractivity contribution in [2.75, 3.05) is 0 Å². The minimum atomic E-state index is -4.78. The van der Waals surface area contributed by atoms with E-state index < -0.39 is 24.7 Å². The van der Waals surface area contributed by atoms with E-state index >= 15 is 0 Å². The standard InChI is InChI=1S/C14H15F5N2O2/c15-12(16)9-5-10(6-9)21-13(22)20-7-8-2-1-3-11(4-8)23-14(17,18)19/h1-4,9-10,12H,5-7H2,(H2,20,21,22). The molecular weight excluding hydrogens is 323 g/mol. The van der Waals surface area contributed by atoms with Crippen molar-refractivity contribution in [3.63, 3.8) is 0 Å². The number of amides is 2. The molecule has 4 nitrogen and oxygen atoms in total. The lowest BCUT2D eigenvalue weighted by Gasteiger charge is -2.35. The summed E-state index contributed by atoms with van der Waals surface area (Å²) in [4.78, 5) is 11.6. The maximum absolute atomic E-state index is 12.3. The van der Waals surface area contributed by atoms with Crippen molar-refractivity contribution in [2.24, 2.45) is 5.92 Å². The Balaban J connectivity index is 1.75. The van der Waals surface area contributed by atoms with E-state index in [2.05, 4.69) is 15.4 Å². The quantitative estimate of drug-likeness (QED) is 0.808. The van der Waals surface area contributed by atoms with Crippen molar-refractivity contribution in [3.05, 3.63) is 29.8 Å². The van der Waals surface area contributed by atoms with E-state index in [1.807, 2.05) is 0 Å². The highest BCUT2D eigenvalue weighted by Gasteiger charge is 2.36. The van der Waals surface area contributed by atoms with Gasteiger partial charge < -0.3 is 15.4 Å². The van der Waals surface area contributed by atoms with Gasteiger partial charge in [0.25, 0.3) is 0 Å². The second kappa shape index (κ2) is 7.01. The van der Waals surface area contributed by atoms with Gasteiger partial charge in [-0.1, -0.05) is 12.1 Å². The monoisotopic (exact) mass is 338 g/mol. The number of carbonyl (C=O) groups excluding carboxylic acids is 1. The summed E-state index contributed by atoms with van der Waals surface area (Å²) in [6, 6.07) is 4.35. The molecule has 1 aromatic carbocycles. The van der Waals surface area contributed by atoms with Gasteiger partial charge in [0, 0.05) is 18.5 Å². The molecule has 1 aliphatic carbocycles. The second-order valence-electron chi connectivity index (χ2n) is 5.29. The molecule has 9 heteroatoms. The van der Waals surface area contributed by atoms with Crippen LogP contribution in [0.5, 0.6) is 5.75 Å². The van der Waals surface area contributed by atoms with Crippen LogP contribution in [0.2, 0.25) is 0 Å². The van der Waals surface area contributed by atoms with E-state index in [4.69, 9.17) is 0 Å². The molecule has 1 saturated carbocycles. The number of alkyl halides is 5. The van der Waals surface area contributed by atoms with Crippen molar-refractivity contribution >= 4 is 6.03 Å². The minimum absolute atomic E-state index is 0.00805. The Hall–Kier alpha value is -2.06. The number of nitrogens with one attached hydrogen (secondary N) is 2. The molecule has 2 amide bonds. The lowest BCUT2D eigenvalue weighted by molar-refractivity contribution is -0.274. The van der Waals surface area contributed by atoms with Crippen molar-refractivity contribution in [1.29, 1.82) is 0 Å². The normalized spacial score (nSPS) is 20.8. The Labute approximate surface area is 129 Å². The summed E-state index contributed by atoms with van der Waals surface area (Å²) in [5.41, 5.74) is 0.418. The Morgan fingerprint density at radius 1 is 1.30 bits per heavy atom. The number of rotatable bonds is 5. The van der Waals surface area contributed by atoms with Crippen molar-refractivity contribution in [3.8, 4) is 5.75 Å². The van der Waals surface area contributed by atoms with Crippen LogP contribution in [0.4, 0.5) is 26.7 Å².